The van der Waals surface area contributed by atoms with Crippen molar-refractivity contribution in [2.24, 2.45) is 0 Å². The first-order valence-corrected chi connectivity index (χ1v) is 7.03. The van der Waals surface area contributed by atoms with Gasteiger partial charge in [0.05, 0.1) is 5.02 Å². The van der Waals surface area contributed by atoms with Gasteiger partial charge >= 0.3 is 0 Å². The fourth-order valence-electron chi connectivity index (χ4n) is 2.41. The largest absolute Gasteiger partial charge is 0.455 e. The average molecular weight is 286 g/mol. The Labute approximate surface area is 123 Å². The SMILES string of the molecule is CNC(C)c1ccccc1-c1cc2cccc(Cl)c2o1. The predicted octanol–water partition coefficient (Wildman–Crippen LogP) is 5.03. The summed E-state index contributed by atoms with van der Waals surface area (Å²) in [5.41, 5.74) is 3.06. The maximum absolute atomic E-state index is 6.18. The number of fused-ring (bicyclic) bond motifs is 1. The van der Waals surface area contributed by atoms with Gasteiger partial charge in [-0.1, -0.05) is 48.0 Å². The summed E-state index contributed by atoms with van der Waals surface area (Å²) in [4.78, 5) is 0. The van der Waals surface area contributed by atoms with Crippen LogP contribution in [0.5, 0.6) is 0 Å². The van der Waals surface area contributed by atoms with Crippen molar-refractivity contribution in [1.29, 1.82) is 0 Å². The Balaban J connectivity index is 2.18. The number of hydrogen-bond acceptors (Lipinski definition) is 2. The van der Waals surface area contributed by atoms with Crippen LogP contribution in [0.15, 0.2) is 52.9 Å². The second kappa shape index (κ2) is 5.31. The normalized spacial score (nSPS) is 12.8. The monoisotopic (exact) mass is 285 g/mol. The van der Waals surface area contributed by atoms with Gasteiger partial charge in [0, 0.05) is 17.0 Å². The maximum Gasteiger partial charge on any atom is 0.153 e. The molecule has 0 fully saturated rings. The number of furan rings is 1. The highest BCUT2D eigenvalue weighted by Gasteiger charge is 2.14. The molecule has 0 aliphatic rings. The van der Waals surface area contributed by atoms with Crippen LogP contribution >= 0.6 is 11.6 Å². The summed E-state index contributed by atoms with van der Waals surface area (Å²) in [5.74, 6) is 0.853. The van der Waals surface area contributed by atoms with Crippen molar-refractivity contribution in [3.63, 3.8) is 0 Å². The molecule has 0 aliphatic carbocycles. The Morgan fingerprint density at radius 1 is 1.10 bits per heavy atom. The Morgan fingerprint density at radius 2 is 1.90 bits per heavy atom. The number of rotatable bonds is 3. The molecule has 2 aromatic carbocycles. The first-order chi connectivity index (χ1) is 9.70. The van der Waals surface area contributed by atoms with E-state index in [0.29, 0.717) is 5.02 Å². The van der Waals surface area contributed by atoms with E-state index in [2.05, 4.69) is 24.4 Å². The second-order valence-corrected chi connectivity index (χ2v) is 5.27. The molecule has 1 heterocycles. The van der Waals surface area contributed by atoms with Crippen molar-refractivity contribution in [1.82, 2.24) is 5.32 Å². The van der Waals surface area contributed by atoms with Crippen LogP contribution in [0.3, 0.4) is 0 Å². The van der Waals surface area contributed by atoms with Crippen LogP contribution in [0.25, 0.3) is 22.3 Å². The molecule has 3 heteroatoms. The Kier molecular flexibility index (Phi) is 3.51. The van der Waals surface area contributed by atoms with Gasteiger partial charge in [0.2, 0.25) is 0 Å². The first kappa shape index (κ1) is 13.2. The zero-order chi connectivity index (χ0) is 14.1. The molecular weight excluding hydrogens is 270 g/mol. The second-order valence-electron chi connectivity index (χ2n) is 4.87. The molecule has 1 aromatic heterocycles. The molecule has 0 spiro atoms. The number of hydrogen-bond donors (Lipinski definition) is 1. The zero-order valence-corrected chi connectivity index (χ0v) is 12.2. The lowest BCUT2D eigenvalue weighted by atomic mass is 9.99. The summed E-state index contributed by atoms with van der Waals surface area (Å²) < 4.78 is 5.96. The van der Waals surface area contributed by atoms with Gasteiger partial charge in [-0.25, -0.2) is 0 Å². The van der Waals surface area contributed by atoms with E-state index in [9.17, 15) is 0 Å². The molecule has 3 rings (SSSR count). The van der Waals surface area contributed by atoms with Crippen LogP contribution in [-0.4, -0.2) is 7.05 Å². The van der Waals surface area contributed by atoms with E-state index in [1.807, 2.05) is 43.4 Å². The third-order valence-corrected chi connectivity index (χ3v) is 3.92. The number of para-hydroxylation sites is 1. The van der Waals surface area contributed by atoms with E-state index in [4.69, 9.17) is 16.0 Å². The van der Waals surface area contributed by atoms with Crippen LogP contribution in [0.1, 0.15) is 18.5 Å². The average Bonchev–Trinajstić information content (AvgIpc) is 2.92. The van der Waals surface area contributed by atoms with Crippen LogP contribution in [-0.2, 0) is 0 Å². The first-order valence-electron chi connectivity index (χ1n) is 6.65. The molecule has 102 valence electrons. The van der Waals surface area contributed by atoms with Gasteiger partial charge in [0.15, 0.2) is 5.58 Å². The Hall–Kier alpha value is -1.77. The number of benzene rings is 2. The highest BCUT2D eigenvalue weighted by molar-refractivity contribution is 6.34. The molecule has 20 heavy (non-hydrogen) atoms. The van der Waals surface area contributed by atoms with Crippen LogP contribution < -0.4 is 5.32 Å². The van der Waals surface area contributed by atoms with Crippen LogP contribution in [0.2, 0.25) is 5.02 Å². The molecular formula is C17H16ClNO. The molecule has 2 nitrogen and oxygen atoms in total. The minimum atomic E-state index is 0.259. The topological polar surface area (TPSA) is 25.2 Å². The molecule has 0 aliphatic heterocycles. The zero-order valence-electron chi connectivity index (χ0n) is 11.5. The van der Waals surface area contributed by atoms with Crippen molar-refractivity contribution in [3.8, 4) is 11.3 Å². The molecule has 0 radical (unpaired) electrons. The van der Waals surface area contributed by atoms with E-state index >= 15 is 0 Å². The van der Waals surface area contributed by atoms with E-state index in [0.717, 1.165) is 22.3 Å². The quantitative estimate of drug-likeness (QED) is 0.730. The van der Waals surface area contributed by atoms with Gasteiger partial charge in [0.1, 0.15) is 5.76 Å². The van der Waals surface area contributed by atoms with Crippen molar-refractivity contribution in [2.75, 3.05) is 7.05 Å². The highest BCUT2D eigenvalue weighted by Crippen LogP contribution is 2.35. The predicted molar refractivity (Wildman–Crippen MR) is 84.1 cm³/mol. The van der Waals surface area contributed by atoms with E-state index in [-0.39, 0.29) is 6.04 Å². The highest BCUT2D eigenvalue weighted by atomic mass is 35.5. The molecule has 0 amide bonds. The summed E-state index contributed by atoms with van der Waals surface area (Å²) >= 11 is 6.18. The van der Waals surface area contributed by atoms with Gasteiger partial charge in [-0.2, -0.15) is 0 Å². The molecule has 1 N–H and O–H groups in total. The lowest BCUT2D eigenvalue weighted by Crippen LogP contribution is -2.13. The summed E-state index contributed by atoms with van der Waals surface area (Å²) in [6.45, 7) is 2.13. The summed E-state index contributed by atoms with van der Waals surface area (Å²) in [6, 6.07) is 16.4. The summed E-state index contributed by atoms with van der Waals surface area (Å²) in [5, 5.41) is 4.94. The van der Waals surface area contributed by atoms with Gasteiger partial charge < -0.3 is 9.73 Å². The fraction of sp³-hybridized carbons (Fsp3) is 0.176. The number of nitrogens with one attached hydrogen (secondary N) is 1. The molecule has 0 bridgehead atoms. The standard InChI is InChI=1S/C17H16ClNO/c1-11(19-2)13-7-3-4-8-14(13)16-10-12-6-5-9-15(18)17(12)20-16/h3-11,19H,1-2H3. The molecule has 1 atom stereocenters. The smallest absolute Gasteiger partial charge is 0.153 e. The molecule has 1 unspecified atom stereocenters. The minimum absolute atomic E-state index is 0.259. The van der Waals surface area contributed by atoms with Crippen molar-refractivity contribution < 1.29 is 4.42 Å². The van der Waals surface area contributed by atoms with E-state index in [1.165, 1.54) is 5.56 Å². The van der Waals surface area contributed by atoms with Crippen LogP contribution in [0, 0.1) is 0 Å². The molecule has 3 aromatic rings. The van der Waals surface area contributed by atoms with Gasteiger partial charge in [-0.05, 0) is 31.7 Å². The van der Waals surface area contributed by atoms with Crippen molar-refractivity contribution >= 4 is 22.6 Å². The molecule has 0 saturated heterocycles. The van der Waals surface area contributed by atoms with Gasteiger partial charge in [-0.15, -0.1) is 0 Å². The van der Waals surface area contributed by atoms with Gasteiger partial charge in [-0.3, -0.25) is 0 Å². The van der Waals surface area contributed by atoms with Crippen molar-refractivity contribution in [3.05, 3.63) is 59.1 Å². The van der Waals surface area contributed by atoms with Crippen LogP contribution in [0.4, 0.5) is 0 Å². The fourth-order valence-corrected chi connectivity index (χ4v) is 2.64. The summed E-state index contributed by atoms with van der Waals surface area (Å²) in [7, 11) is 1.96. The lowest BCUT2D eigenvalue weighted by Gasteiger charge is -2.14. The Morgan fingerprint density at radius 3 is 2.65 bits per heavy atom. The number of halogens is 1. The van der Waals surface area contributed by atoms with E-state index < -0.39 is 0 Å². The van der Waals surface area contributed by atoms with Crippen molar-refractivity contribution in [2.45, 2.75) is 13.0 Å². The molecule has 0 saturated carbocycles. The lowest BCUT2D eigenvalue weighted by molar-refractivity contribution is 0.620. The van der Waals surface area contributed by atoms with E-state index in [1.54, 1.807) is 0 Å². The maximum atomic E-state index is 6.18. The Bertz CT molecular complexity index is 748. The minimum Gasteiger partial charge on any atom is -0.455 e. The van der Waals surface area contributed by atoms with Gasteiger partial charge in [0.25, 0.3) is 0 Å². The third-order valence-electron chi connectivity index (χ3n) is 3.62. The summed E-state index contributed by atoms with van der Waals surface area (Å²) in [6.07, 6.45) is 0. The third kappa shape index (κ3) is 2.21.